The van der Waals surface area contributed by atoms with Crippen molar-refractivity contribution in [3.8, 4) is 29.4 Å². The molecule has 7 nitrogen and oxygen atoms in total. The third-order valence-electron chi connectivity index (χ3n) is 5.14. The highest BCUT2D eigenvalue weighted by atomic mass is 16.5. The molecule has 2 aromatic heterocycles. The average Bonchev–Trinajstić information content (AvgIpc) is 3.39. The number of para-hydroxylation sites is 1. The number of ether oxygens (including phenoxy) is 1. The number of aliphatic imine (C=N–C) groups is 1. The maximum atomic E-state index is 13.0. The van der Waals surface area contributed by atoms with Crippen LogP contribution in [-0.4, -0.2) is 28.2 Å². The zero-order chi connectivity index (χ0) is 23.4. The maximum Gasteiger partial charge on any atom is 0.339 e. The number of hydrogen-bond donors (Lipinski definition) is 0. The van der Waals surface area contributed by atoms with E-state index in [2.05, 4.69) is 10.9 Å². The first-order chi connectivity index (χ1) is 16.0. The Labute approximate surface area is 190 Å². The molecule has 0 aliphatic carbocycles. The summed E-state index contributed by atoms with van der Waals surface area (Å²) in [6, 6.07) is 19.8. The summed E-state index contributed by atoms with van der Waals surface area (Å²) in [5.74, 6) is 2.79. The molecule has 0 fully saturated rings. The molecular formula is C26H21N3O4. The molecule has 2 aromatic carbocycles. The zero-order valence-corrected chi connectivity index (χ0v) is 18.2. The minimum atomic E-state index is -0.502. The van der Waals surface area contributed by atoms with Crippen LogP contribution in [0.5, 0.6) is 0 Å². The van der Waals surface area contributed by atoms with Gasteiger partial charge in [0, 0.05) is 12.6 Å². The number of terminal acetylenes is 1. The van der Waals surface area contributed by atoms with Crippen LogP contribution in [0.2, 0.25) is 0 Å². The van der Waals surface area contributed by atoms with Crippen molar-refractivity contribution in [1.29, 1.82) is 0 Å². The van der Waals surface area contributed by atoms with Crippen molar-refractivity contribution in [3.05, 3.63) is 94.1 Å². The molecule has 33 heavy (non-hydrogen) atoms. The molecule has 0 atom stereocenters. The number of carbonyl (C=O) groups excluding carboxylic acids is 1. The van der Waals surface area contributed by atoms with E-state index in [0.29, 0.717) is 28.3 Å². The lowest BCUT2D eigenvalue weighted by molar-refractivity contribution is 0.0557. The van der Waals surface area contributed by atoms with Gasteiger partial charge in [0.2, 0.25) is 0 Å². The predicted octanol–water partition coefficient (Wildman–Crippen LogP) is 4.29. The molecular weight excluding hydrogens is 418 g/mol. The third kappa shape index (κ3) is 4.41. The van der Waals surface area contributed by atoms with Crippen LogP contribution in [0.15, 0.2) is 80.9 Å². The van der Waals surface area contributed by atoms with Gasteiger partial charge in [0.25, 0.3) is 5.56 Å². The monoisotopic (exact) mass is 439 g/mol. The van der Waals surface area contributed by atoms with E-state index < -0.39 is 5.97 Å². The summed E-state index contributed by atoms with van der Waals surface area (Å²) in [7, 11) is 1.81. The summed E-state index contributed by atoms with van der Waals surface area (Å²) < 4.78 is 14.2. The van der Waals surface area contributed by atoms with Crippen LogP contribution < -0.4 is 5.56 Å². The van der Waals surface area contributed by atoms with Crippen LogP contribution in [-0.2, 0) is 11.8 Å². The normalized spacial score (nSPS) is 10.9. The van der Waals surface area contributed by atoms with Gasteiger partial charge in [-0.25, -0.2) is 14.5 Å². The molecule has 0 amide bonds. The lowest BCUT2D eigenvalue weighted by Crippen LogP contribution is -2.19. The topological polar surface area (TPSA) is 78.7 Å². The van der Waals surface area contributed by atoms with Crippen molar-refractivity contribution < 1.29 is 13.9 Å². The van der Waals surface area contributed by atoms with E-state index in [4.69, 9.17) is 15.6 Å². The third-order valence-corrected chi connectivity index (χ3v) is 5.14. The van der Waals surface area contributed by atoms with E-state index in [1.807, 2.05) is 50.4 Å². The first kappa shape index (κ1) is 21.7. The molecule has 0 unspecified atom stereocenters. The fourth-order valence-electron chi connectivity index (χ4n) is 3.40. The molecule has 0 aliphatic rings. The molecule has 0 saturated carbocycles. The number of benzene rings is 2. The van der Waals surface area contributed by atoms with Gasteiger partial charge in [-0.05, 0) is 43.3 Å². The van der Waals surface area contributed by atoms with Crippen molar-refractivity contribution in [3.63, 3.8) is 0 Å². The molecule has 0 radical (unpaired) electrons. The van der Waals surface area contributed by atoms with E-state index in [0.717, 1.165) is 11.4 Å². The van der Waals surface area contributed by atoms with Crippen molar-refractivity contribution >= 4 is 17.9 Å². The highest BCUT2D eigenvalue weighted by molar-refractivity contribution is 5.91. The van der Waals surface area contributed by atoms with Gasteiger partial charge in [0.05, 0.1) is 23.2 Å². The van der Waals surface area contributed by atoms with Crippen LogP contribution in [0.4, 0.5) is 5.69 Å². The number of carbonyl (C=O) groups is 1. The summed E-state index contributed by atoms with van der Waals surface area (Å²) in [5, 5.41) is 0. The van der Waals surface area contributed by atoms with Crippen LogP contribution >= 0.6 is 0 Å². The van der Waals surface area contributed by atoms with Crippen molar-refractivity contribution in [2.24, 2.45) is 12.0 Å². The Hall–Kier alpha value is -4.57. The Balaban J connectivity index is 1.59. The van der Waals surface area contributed by atoms with Crippen molar-refractivity contribution in [2.75, 3.05) is 6.61 Å². The van der Waals surface area contributed by atoms with E-state index in [1.165, 1.54) is 6.21 Å². The average molecular weight is 439 g/mol. The second kappa shape index (κ2) is 9.28. The van der Waals surface area contributed by atoms with Gasteiger partial charge in [0.1, 0.15) is 11.5 Å². The SMILES string of the molecule is C#CCOC(=O)c1cccc(-c2ccc(C=Nc3c(C)n(C)n(-c4ccccc4)c3=O)o2)c1. The van der Waals surface area contributed by atoms with Crippen molar-refractivity contribution in [1.82, 2.24) is 9.36 Å². The fraction of sp³-hybridized carbons (Fsp3) is 0.115. The van der Waals surface area contributed by atoms with Gasteiger partial charge in [-0.2, -0.15) is 0 Å². The number of nitrogens with zero attached hydrogens (tertiary/aromatic N) is 3. The van der Waals surface area contributed by atoms with Crippen molar-refractivity contribution in [2.45, 2.75) is 6.92 Å². The highest BCUT2D eigenvalue weighted by Crippen LogP contribution is 2.24. The molecule has 164 valence electrons. The molecule has 0 N–H and O–H groups in total. The Kier molecular flexibility index (Phi) is 6.09. The second-order valence-corrected chi connectivity index (χ2v) is 7.23. The first-order valence-corrected chi connectivity index (χ1v) is 10.2. The predicted molar refractivity (Wildman–Crippen MR) is 126 cm³/mol. The van der Waals surface area contributed by atoms with Gasteiger partial charge < -0.3 is 9.15 Å². The minimum Gasteiger partial charge on any atom is -0.455 e. The lowest BCUT2D eigenvalue weighted by atomic mass is 10.1. The van der Waals surface area contributed by atoms with Gasteiger partial charge in [-0.15, -0.1) is 6.42 Å². The summed E-state index contributed by atoms with van der Waals surface area (Å²) in [6.07, 6.45) is 6.64. The molecule has 4 aromatic rings. The zero-order valence-electron chi connectivity index (χ0n) is 18.2. The van der Waals surface area contributed by atoms with E-state index in [-0.39, 0.29) is 12.2 Å². The van der Waals surface area contributed by atoms with Crippen LogP contribution in [0.3, 0.4) is 0 Å². The van der Waals surface area contributed by atoms with Crippen LogP contribution in [0, 0.1) is 19.3 Å². The van der Waals surface area contributed by atoms with E-state index >= 15 is 0 Å². The Morgan fingerprint density at radius 1 is 1.15 bits per heavy atom. The Bertz CT molecular complexity index is 1430. The minimum absolute atomic E-state index is 0.0880. The largest absolute Gasteiger partial charge is 0.455 e. The Morgan fingerprint density at radius 2 is 1.94 bits per heavy atom. The molecule has 0 bridgehead atoms. The smallest absolute Gasteiger partial charge is 0.339 e. The highest BCUT2D eigenvalue weighted by Gasteiger charge is 2.15. The summed E-state index contributed by atoms with van der Waals surface area (Å²) in [5.41, 5.74) is 2.67. The molecule has 4 rings (SSSR count). The van der Waals surface area contributed by atoms with E-state index in [1.54, 1.807) is 39.7 Å². The molecule has 2 heterocycles. The lowest BCUT2D eigenvalue weighted by Gasteiger charge is -2.07. The van der Waals surface area contributed by atoms with Gasteiger partial charge in [-0.3, -0.25) is 9.48 Å². The first-order valence-electron chi connectivity index (χ1n) is 10.2. The van der Waals surface area contributed by atoms with Crippen LogP contribution in [0.25, 0.3) is 17.0 Å². The molecule has 0 spiro atoms. The van der Waals surface area contributed by atoms with E-state index in [9.17, 15) is 9.59 Å². The summed E-state index contributed by atoms with van der Waals surface area (Å²) in [6.45, 7) is 1.75. The standard InChI is InChI=1S/C26H21N3O4/c1-4-15-32-26(31)20-10-8-9-19(16-20)23-14-13-22(33-23)17-27-24-18(2)28(3)29(25(24)30)21-11-6-5-7-12-21/h1,5-14,16-17H,15H2,2-3H3. The molecule has 0 saturated heterocycles. The number of hydrogen-bond acceptors (Lipinski definition) is 5. The Morgan fingerprint density at radius 3 is 2.70 bits per heavy atom. The number of rotatable bonds is 6. The van der Waals surface area contributed by atoms with Gasteiger partial charge in [0.15, 0.2) is 12.3 Å². The molecule has 7 heteroatoms. The molecule has 0 aliphatic heterocycles. The maximum absolute atomic E-state index is 13.0. The van der Waals surface area contributed by atoms with Crippen LogP contribution in [0.1, 0.15) is 21.8 Å². The quantitative estimate of drug-likeness (QED) is 0.255. The summed E-state index contributed by atoms with van der Waals surface area (Å²) in [4.78, 5) is 29.4. The van der Waals surface area contributed by atoms with Gasteiger partial charge in [-0.1, -0.05) is 36.3 Å². The number of aromatic nitrogens is 2. The fourth-order valence-corrected chi connectivity index (χ4v) is 3.40. The number of furan rings is 1. The summed E-state index contributed by atoms with van der Waals surface area (Å²) >= 11 is 0. The van der Waals surface area contributed by atoms with Gasteiger partial charge >= 0.3 is 5.97 Å². The number of esters is 1. The second-order valence-electron chi connectivity index (χ2n) is 7.23.